The SMILES string of the molecule is O=C(O)C1(O)CCN(C(=O)C2(c3ccc(F)cc3)CCOCC2)CC1. The zero-order valence-corrected chi connectivity index (χ0v) is 13.9. The van der Waals surface area contributed by atoms with E-state index in [-0.39, 0.29) is 37.7 Å². The number of piperidine rings is 1. The Labute approximate surface area is 145 Å². The summed E-state index contributed by atoms with van der Waals surface area (Å²) in [6, 6.07) is 5.96. The molecule has 0 bridgehead atoms. The summed E-state index contributed by atoms with van der Waals surface area (Å²) in [6.45, 7) is 1.25. The summed E-state index contributed by atoms with van der Waals surface area (Å²) in [6.07, 6.45) is 1.00. The molecule has 3 rings (SSSR count). The molecule has 2 fully saturated rings. The molecule has 2 N–H and O–H groups in total. The second-order valence-corrected chi connectivity index (χ2v) is 6.83. The van der Waals surface area contributed by atoms with E-state index in [9.17, 15) is 19.1 Å². The van der Waals surface area contributed by atoms with E-state index in [0.29, 0.717) is 26.1 Å². The molecule has 0 radical (unpaired) electrons. The van der Waals surface area contributed by atoms with Gasteiger partial charge in [-0.15, -0.1) is 0 Å². The zero-order valence-electron chi connectivity index (χ0n) is 13.9. The number of hydrogen-bond acceptors (Lipinski definition) is 4. The van der Waals surface area contributed by atoms with Gasteiger partial charge in [0.1, 0.15) is 5.82 Å². The van der Waals surface area contributed by atoms with Crippen LogP contribution >= 0.6 is 0 Å². The van der Waals surface area contributed by atoms with E-state index in [1.807, 2.05) is 0 Å². The van der Waals surface area contributed by atoms with Crippen molar-refractivity contribution in [1.29, 1.82) is 0 Å². The van der Waals surface area contributed by atoms with Crippen LogP contribution in [0.2, 0.25) is 0 Å². The molecule has 1 aromatic carbocycles. The maximum atomic E-state index is 13.3. The fourth-order valence-electron chi connectivity index (χ4n) is 3.71. The van der Waals surface area contributed by atoms with Crippen molar-refractivity contribution >= 4 is 11.9 Å². The summed E-state index contributed by atoms with van der Waals surface area (Å²) in [5.41, 5.74) is -1.80. The van der Waals surface area contributed by atoms with E-state index < -0.39 is 17.0 Å². The van der Waals surface area contributed by atoms with Crippen LogP contribution in [0.4, 0.5) is 4.39 Å². The Kier molecular flexibility index (Phi) is 4.79. The van der Waals surface area contributed by atoms with Crippen LogP contribution < -0.4 is 0 Å². The fourth-order valence-corrected chi connectivity index (χ4v) is 3.71. The van der Waals surface area contributed by atoms with Crippen LogP contribution in [0.25, 0.3) is 0 Å². The quantitative estimate of drug-likeness (QED) is 0.857. The second kappa shape index (κ2) is 6.72. The lowest BCUT2D eigenvalue weighted by Crippen LogP contribution is -2.56. The van der Waals surface area contributed by atoms with Crippen molar-refractivity contribution in [1.82, 2.24) is 4.90 Å². The highest BCUT2D eigenvalue weighted by Gasteiger charge is 2.47. The second-order valence-electron chi connectivity index (χ2n) is 6.83. The van der Waals surface area contributed by atoms with Crippen molar-refractivity contribution in [2.24, 2.45) is 0 Å². The molecule has 136 valence electrons. The number of ether oxygens (including phenoxy) is 1. The number of hydrogen-bond donors (Lipinski definition) is 2. The Morgan fingerprint density at radius 2 is 1.60 bits per heavy atom. The molecule has 7 heteroatoms. The first-order valence-corrected chi connectivity index (χ1v) is 8.46. The summed E-state index contributed by atoms with van der Waals surface area (Å²) >= 11 is 0. The largest absolute Gasteiger partial charge is 0.479 e. The molecular weight excluding hydrogens is 329 g/mol. The van der Waals surface area contributed by atoms with E-state index in [2.05, 4.69) is 0 Å². The van der Waals surface area contributed by atoms with E-state index in [1.165, 1.54) is 12.1 Å². The number of nitrogens with zero attached hydrogens (tertiary/aromatic N) is 1. The molecule has 0 atom stereocenters. The van der Waals surface area contributed by atoms with E-state index >= 15 is 0 Å². The molecular formula is C18H22FNO5. The Hall–Kier alpha value is -1.99. The third-order valence-corrected chi connectivity index (χ3v) is 5.43. The van der Waals surface area contributed by atoms with Gasteiger partial charge in [-0.1, -0.05) is 12.1 Å². The molecule has 0 spiro atoms. The van der Waals surface area contributed by atoms with Gasteiger partial charge < -0.3 is 19.8 Å². The minimum Gasteiger partial charge on any atom is -0.479 e. The Morgan fingerprint density at radius 1 is 1.04 bits per heavy atom. The predicted octanol–water partition coefficient (Wildman–Crippen LogP) is 1.31. The summed E-state index contributed by atoms with van der Waals surface area (Å²) < 4.78 is 18.7. The van der Waals surface area contributed by atoms with E-state index in [1.54, 1.807) is 17.0 Å². The van der Waals surface area contributed by atoms with Crippen molar-refractivity contribution < 1.29 is 28.9 Å². The average molecular weight is 351 g/mol. The van der Waals surface area contributed by atoms with Crippen LogP contribution in [0, 0.1) is 5.82 Å². The molecule has 0 aliphatic carbocycles. The van der Waals surface area contributed by atoms with Gasteiger partial charge in [0.05, 0.1) is 5.41 Å². The van der Waals surface area contributed by atoms with Gasteiger partial charge in [-0.25, -0.2) is 9.18 Å². The first kappa shape index (κ1) is 17.8. The van der Waals surface area contributed by atoms with Crippen LogP contribution in [-0.2, 0) is 19.7 Å². The Morgan fingerprint density at radius 3 is 2.12 bits per heavy atom. The number of amides is 1. The number of carboxylic acids is 1. The summed E-state index contributed by atoms with van der Waals surface area (Å²) in [5.74, 6) is -1.71. The maximum Gasteiger partial charge on any atom is 0.335 e. The lowest BCUT2D eigenvalue weighted by molar-refractivity contribution is -0.166. The number of benzene rings is 1. The molecule has 2 saturated heterocycles. The minimum absolute atomic E-state index is 0.00404. The van der Waals surface area contributed by atoms with Crippen molar-refractivity contribution in [3.63, 3.8) is 0 Å². The average Bonchev–Trinajstić information content (AvgIpc) is 2.63. The van der Waals surface area contributed by atoms with Crippen LogP contribution in [0.15, 0.2) is 24.3 Å². The normalized spacial score (nSPS) is 22.4. The maximum absolute atomic E-state index is 13.3. The Balaban J connectivity index is 1.84. The molecule has 0 saturated carbocycles. The van der Waals surface area contributed by atoms with E-state index in [0.717, 1.165) is 5.56 Å². The predicted molar refractivity (Wildman–Crippen MR) is 86.5 cm³/mol. The molecule has 2 aliphatic rings. The molecule has 1 amide bonds. The molecule has 25 heavy (non-hydrogen) atoms. The lowest BCUT2D eigenvalue weighted by Gasteiger charge is -2.43. The standard InChI is InChI=1S/C18H22FNO5/c19-14-3-1-13(2-4-14)17(7-11-25-12-8-17)15(21)20-9-5-18(24,6-10-20)16(22)23/h1-4,24H,5-12H2,(H,22,23). The number of aliphatic carboxylic acids is 1. The van der Waals surface area contributed by atoms with Crippen molar-refractivity contribution in [3.8, 4) is 0 Å². The van der Waals surface area contributed by atoms with Crippen LogP contribution in [-0.4, -0.2) is 58.9 Å². The third kappa shape index (κ3) is 3.26. The fraction of sp³-hybridized carbons (Fsp3) is 0.556. The highest BCUT2D eigenvalue weighted by atomic mass is 19.1. The van der Waals surface area contributed by atoms with Gasteiger partial charge in [0, 0.05) is 39.1 Å². The van der Waals surface area contributed by atoms with Crippen LogP contribution in [0.1, 0.15) is 31.2 Å². The monoisotopic (exact) mass is 351 g/mol. The Bertz CT molecular complexity index is 646. The number of aliphatic hydroxyl groups is 1. The van der Waals surface area contributed by atoms with Crippen molar-refractivity contribution in [2.75, 3.05) is 26.3 Å². The first-order valence-electron chi connectivity index (χ1n) is 8.46. The molecule has 2 heterocycles. The minimum atomic E-state index is -1.77. The van der Waals surface area contributed by atoms with Crippen LogP contribution in [0.3, 0.4) is 0 Å². The summed E-state index contributed by atoms with van der Waals surface area (Å²) in [7, 11) is 0. The highest BCUT2D eigenvalue weighted by molar-refractivity contribution is 5.89. The summed E-state index contributed by atoms with van der Waals surface area (Å²) in [4.78, 5) is 26.1. The molecule has 0 unspecified atom stereocenters. The van der Waals surface area contributed by atoms with Gasteiger partial charge in [0.15, 0.2) is 5.60 Å². The van der Waals surface area contributed by atoms with Gasteiger partial charge in [0.25, 0.3) is 0 Å². The summed E-state index contributed by atoms with van der Waals surface area (Å²) in [5, 5.41) is 19.2. The number of likely N-dealkylation sites (tertiary alicyclic amines) is 1. The van der Waals surface area contributed by atoms with Gasteiger partial charge in [0.2, 0.25) is 5.91 Å². The smallest absolute Gasteiger partial charge is 0.335 e. The number of carbonyl (C=O) groups is 2. The van der Waals surface area contributed by atoms with E-state index in [4.69, 9.17) is 9.84 Å². The third-order valence-electron chi connectivity index (χ3n) is 5.43. The van der Waals surface area contributed by atoms with Gasteiger partial charge in [-0.05, 0) is 30.5 Å². The molecule has 0 aromatic heterocycles. The number of rotatable bonds is 3. The highest BCUT2D eigenvalue weighted by Crippen LogP contribution is 2.38. The van der Waals surface area contributed by atoms with Gasteiger partial charge in [-0.2, -0.15) is 0 Å². The number of carboxylic acid groups (broad SMARTS) is 1. The topological polar surface area (TPSA) is 87.1 Å². The van der Waals surface area contributed by atoms with Crippen molar-refractivity contribution in [2.45, 2.75) is 36.7 Å². The zero-order chi connectivity index (χ0) is 18.1. The van der Waals surface area contributed by atoms with Gasteiger partial charge in [-0.3, -0.25) is 4.79 Å². The first-order chi connectivity index (χ1) is 11.9. The number of carbonyl (C=O) groups excluding carboxylic acids is 1. The molecule has 2 aliphatic heterocycles. The number of halogens is 1. The van der Waals surface area contributed by atoms with Gasteiger partial charge >= 0.3 is 5.97 Å². The van der Waals surface area contributed by atoms with Crippen molar-refractivity contribution in [3.05, 3.63) is 35.6 Å². The lowest BCUT2D eigenvalue weighted by atomic mass is 9.72. The van der Waals surface area contributed by atoms with Crippen LogP contribution in [0.5, 0.6) is 0 Å². The molecule has 1 aromatic rings. The molecule has 6 nitrogen and oxygen atoms in total.